The zero-order valence-corrected chi connectivity index (χ0v) is 17.0. The summed E-state index contributed by atoms with van der Waals surface area (Å²) in [6, 6.07) is 15.4. The quantitative estimate of drug-likeness (QED) is 0.599. The molecule has 1 atom stereocenters. The summed E-state index contributed by atoms with van der Waals surface area (Å²) < 4.78 is 11.1. The molecule has 1 aliphatic heterocycles. The molecule has 0 radical (unpaired) electrons. The molecule has 0 aliphatic carbocycles. The second-order valence-corrected chi connectivity index (χ2v) is 7.99. The molecule has 3 rings (SSSR count). The van der Waals surface area contributed by atoms with E-state index in [4.69, 9.17) is 21.1 Å². The molecule has 2 aromatic carbocycles. The van der Waals surface area contributed by atoms with Crippen molar-refractivity contribution in [2.45, 2.75) is 30.4 Å². The van der Waals surface area contributed by atoms with Crippen molar-refractivity contribution in [3.05, 3.63) is 59.1 Å². The zero-order chi connectivity index (χ0) is 19.1. The Labute approximate surface area is 169 Å². The van der Waals surface area contributed by atoms with Gasteiger partial charge in [-0.05, 0) is 54.8 Å². The maximum Gasteiger partial charge on any atom is 0.233 e. The fraction of sp³-hybridized carbons (Fsp3) is 0.381. The highest BCUT2D eigenvalue weighted by Gasteiger charge is 2.23. The standard InChI is InChI=1S/C21H24ClNO3S/c1-25-18-5-2-4-16(12-18)13-23(14-19-6-3-11-26-19)21(24)15-27-20-9-7-17(22)8-10-20/h2,4-5,7-10,12,19H,3,6,11,13-15H2,1H3. The molecule has 1 heterocycles. The van der Waals surface area contributed by atoms with Crippen LogP contribution in [-0.4, -0.2) is 42.9 Å². The molecule has 0 saturated carbocycles. The van der Waals surface area contributed by atoms with Crippen molar-refractivity contribution in [1.82, 2.24) is 4.90 Å². The van der Waals surface area contributed by atoms with Gasteiger partial charge >= 0.3 is 0 Å². The van der Waals surface area contributed by atoms with Crippen LogP contribution in [0.4, 0.5) is 0 Å². The number of benzene rings is 2. The van der Waals surface area contributed by atoms with E-state index in [0.29, 0.717) is 23.9 Å². The van der Waals surface area contributed by atoms with E-state index in [-0.39, 0.29) is 12.0 Å². The zero-order valence-electron chi connectivity index (χ0n) is 15.4. The molecule has 144 valence electrons. The minimum absolute atomic E-state index is 0.105. The largest absolute Gasteiger partial charge is 0.497 e. The molecule has 0 aromatic heterocycles. The molecule has 1 amide bonds. The molecule has 27 heavy (non-hydrogen) atoms. The van der Waals surface area contributed by atoms with Crippen LogP contribution < -0.4 is 4.74 Å². The van der Waals surface area contributed by atoms with E-state index in [1.165, 1.54) is 11.8 Å². The highest BCUT2D eigenvalue weighted by Crippen LogP contribution is 2.23. The topological polar surface area (TPSA) is 38.8 Å². The number of halogens is 1. The van der Waals surface area contributed by atoms with Crippen LogP contribution in [0.5, 0.6) is 5.75 Å². The third-order valence-electron chi connectivity index (χ3n) is 4.48. The summed E-state index contributed by atoms with van der Waals surface area (Å²) in [7, 11) is 1.65. The molecule has 4 nitrogen and oxygen atoms in total. The third-order valence-corrected chi connectivity index (χ3v) is 5.73. The first-order valence-corrected chi connectivity index (χ1v) is 10.4. The van der Waals surface area contributed by atoms with Gasteiger partial charge in [-0.3, -0.25) is 4.79 Å². The molecule has 1 aliphatic rings. The van der Waals surface area contributed by atoms with E-state index in [1.54, 1.807) is 7.11 Å². The average Bonchev–Trinajstić information content (AvgIpc) is 3.20. The number of ether oxygens (including phenoxy) is 2. The molecular formula is C21H24ClNO3S. The minimum atomic E-state index is 0.105. The Morgan fingerprint density at radius 1 is 1.30 bits per heavy atom. The predicted molar refractivity (Wildman–Crippen MR) is 110 cm³/mol. The van der Waals surface area contributed by atoms with E-state index in [2.05, 4.69) is 0 Å². The molecule has 2 aromatic rings. The first kappa shape index (κ1) is 20.1. The van der Waals surface area contributed by atoms with Gasteiger partial charge in [0.15, 0.2) is 0 Å². The summed E-state index contributed by atoms with van der Waals surface area (Å²) in [5.41, 5.74) is 1.05. The lowest BCUT2D eigenvalue weighted by molar-refractivity contribution is -0.130. The lowest BCUT2D eigenvalue weighted by Crippen LogP contribution is -2.38. The first-order valence-electron chi connectivity index (χ1n) is 9.05. The van der Waals surface area contributed by atoms with Gasteiger partial charge in [0.25, 0.3) is 0 Å². The maximum atomic E-state index is 12.9. The van der Waals surface area contributed by atoms with Gasteiger partial charge in [-0.1, -0.05) is 23.7 Å². The van der Waals surface area contributed by atoms with Crippen LogP contribution >= 0.6 is 23.4 Å². The van der Waals surface area contributed by atoms with Crippen LogP contribution in [0, 0.1) is 0 Å². The van der Waals surface area contributed by atoms with Crippen molar-refractivity contribution in [1.29, 1.82) is 0 Å². The van der Waals surface area contributed by atoms with Crippen molar-refractivity contribution >= 4 is 29.3 Å². The monoisotopic (exact) mass is 405 g/mol. The highest BCUT2D eigenvalue weighted by atomic mass is 35.5. The Morgan fingerprint density at radius 2 is 2.11 bits per heavy atom. The van der Waals surface area contributed by atoms with Gasteiger partial charge in [0, 0.05) is 29.6 Å². The molecule has 0 spiro atoms. The second kappa shape index (κ2) is 10.0. The first-order chi connectivity index (χ1) is 13.1. The second-order valence-electron chi connectivity index (χ2n) is 6.50. The normalized spacial score (nSPS) is 16.3. The van der Waals surface area contributed by atoms with Crippen LogP contribution in [0.15, 0.2) is 53.4 Å². The number of rotatable bonds is 8. The molecular weight excluding hydrogens is 382 g/mol. The summed E-state index contributed by atoms with van der Waals surface area (Å²) in [4.78, 5) is 15.9. The van der Waals surface area contributed by atoms with Crippen LogP contribution in [0.1, 0.15) is 18.4 Å². The van der Waals surface area contributed by atoms with Gasteiger partial charge in [-0.15, -0.1) is 11.8 Å². The number of hydrogen-bond acceptors (Lipinski definition) is 4. The van der Waals surface area contributed by atoms with Crippen LogP contribution in [0.3, 0.4) is 0 Å². The Balaban J connectivity index is 1.65. The van der Waals surface area contributed by atoms with E-state index < -0.39 is 0 Å². The SMILES string of the molecule is COc1cccc(CN(CC2CCCO2)C(=O)CSc2ccc(Cl)cc2)c1. The van der Waals surface area contributed by atoms with E-state index >= 15 is 0 Å². The Kier molecular flexibility index (Phi) is 7.44. The summed E-state index contributed by atoms with van der Waals surface area (Å²) >= 11 is 7.45. The summed E-state index contributed by atoms with van der Waals surface area (Å²) in [6.45, 7) is 1.96. The molecule has 1 unspecified atom stereocenters. The molecule has 1 saturated heterocycles. The van der Waals surface area contributed by atoms with E-state index in [9.17, 15) is 4.79 Å². The van der Waals surface area contributed by atoms with Gasteiger partial charge in [-0.25, -0.2) is 0 Å². The molecule has 0 bridgehead atoms. The number of amides is 1. The van der Waals surface area contributed by atoms with Gasteiger partial charge in [0.05, 0.1) is 19.0 Å². The summed E-state index contributed by atoms with van der Waals surface area (Å²) in [6.07, 6.45) is 2.19. The summed E-state index contributed by atoms with van der Waals surface area (Å²) in [5, 5.41) is 0.698. The van der Waals surface area contributed by atoms with Gasteiger partial charge in [-0.2, -0.15) is 0 Å². The van der Waals surface area contributed by atoms with Gasteiger partial charge < -0.3 is 14.4 Å². The molecule has 6 heteroatoms. The predicted octanol–water partition coefficient (Wildman–Crippen LogP) is 4.65. The Hall–Kier alpha value is -1.69. The summed E-state index contributed by atoms with van der Waals surface area (Å²) in [5.74, 6) is 1.29. The molecule has 1 fully saturated rings. The minimum Gasteiger partial charge on any atom is -0.497 e. The van der Waals surface area contributed by atoms with Crippen molar-refractivity contribution in [2.24, 2.45) is 0 Å². The van der Waals surface area contributed by atoms with Crippen molar-refractivity contribution in [3.8, 4) is 5.75 Å². The third kappa shape index (κ3) is 6.16. The van der Waals surface area contributed by atoms with Crippen molar-refractivity contribution in [3.63, 3.8) is 0 Å². The van der Waals surface area contributed by atoms with Crippen molar-refractivity contribution in [2.75, 3.05) is 26.0 Å². The Bertz CT molecular complexity index is 747. The average molecular weight is 406 g/mol. The Morgan fingerprint density at radius 3 is 2.81 bits per heavy atom. The molecule has 0 N–H and O–H groups in total. The van der Waals surface area contributed by atoms with Crippen LogP contribution in [0.2, 0.25) is 5.02 Å². The van der Waals surface area contributed by atoms with E-state index in [0.717, 1.165) is 35.7 Å². The number of methoxy groups -OCH3 is 1. The van der Waals surface area contributed by atoms with E-state index in [1.807, 2.05) is 53.4 Å². The number of hydrogen-bond donors (Lipinski definition) is 0. The number of nitrogens with zero attached hydrogens (tertiary/aromatic N) is 1. The number of carbonyl (C=O) groups excluding carboxylic acids is 1. The van der Waals surface area contributed by atoms with Crippen LogP contribution in [0.25, 0.3) is 0 Å². The number of carbonyl (C=O) groups is 1. The van der Waals surface area contributed by atoms with Crippen molar-refractivity contribution < 1.29 is 14.3 Å². The fourth-order valence-electron chi connectivity index (χ4n) is 3.05. The van der Waals surface area contributed by atoms with Crippen LogP contribution in [-0.2, 0) is 16.1 Å². The lowest BCUT2D eigenvalue weighted by atomic mass is 10.1. The fourth-order valence-corrected chi connectivity index (χ4v) is 3.97. The maximum absolute atomic E-state index is 12.9. The number of thioether (sulfide) groups is 1. The van der Waals surface area contributed by atoms with Gasteiger partial charge in [0.1, 0.15) is 5.75 Å². The lowest BCUT2D eigenvalue weighted by Gasteiger charge is -2.26. The highest BCUT2D eigenvalue weighted by molar-refractivity contribution is 8.00. The van der Waals surface area contributed by atoms with Gasteiger partial charge in [0.2, 0.25) is 5.91 Å². The smallest absolute Gasteiger partial charge is 0.233 e.